The second kappa shape index (κ2) is 14.7. The molecule has 1 saturated carbocycles. The molecule has 64 heavy (non-hydrogen) atoms. The Morgan fingerprint density at radius 1 is 0.547 bits per heavy atom. The molecule has 3 fully saturated rings. The van der Waals surface area contributed by atoms with E-state index in [2.05, 4.69) is 126 Å². The number of aromatic amines is 2. The smallest absolute Gasteiger partial charge is 0.411 e. The van der Waals surface area contributed by atoms with Gasteiger partial charge in [0.05, 0.1) is 34.2 Å². The van der Waals surface area contributed by atoms with Crippen molar-refractivity contribution in [2.75, 3.05) is 6.54 Å². The average molecular weight is 851 g/mol. The summed E-state index contributed by atoms with van der Waals surface area (Å²) in [6.45, 7) is 14.3. The standard InChI is InChI=1S/C54H54N6O4/c1-30-20-47(59(29-30)51(61)63-53(2,3)4)49-55-42-18-16-39(25-44(42)57-49)37-14-12-33-21-31(8-10-35(33)23-37)32-9-11-36-24-38(15-13-34(36)22-32)40-17-19-43-45(26-40)58-50(56-43)48-28-41-27-46(41)60(48)52(62)64-54(5,6)7/h8-19,21-26,30,41,46-48H,20,27-29H2,1-7H3,(H,55,57)(H,56,58)/t30-,41-,46-,47+,48+/m1/s1. The first kappa shape index (κ1) is 40.1. The van der Waals surface area contributed by atoms with E-state index in [0.717, 1.165) is 75.2 Å². The first-order valence-corrected chi connectivity index (χ1v) is 22.7. The number of H-pyrrole nitrogens is 2. The Kier molecular flexibility index (Phi) is 9.21. The number of nitrogens with one attached hydrogen (secondary N) is 2. The zero-order valence-corrected chi connectivity index (χ0v) is 37.5. The van der Waals surface area contributed by atoms with E-state index in [1.807, 2.05) is 51.3 Å². The lowest BCUT2D eigenvalue weighted by Crippen LogP contribution is -2.38. The summed E-state index contributed by atoms with van der Waals surface area (Å²) in [5.41, 5.74) is 9.43. The second-order valence-electron chi connectivity index (χ2n) is 20.5. The molecule has 0 bridgehead atoms. The SMILES string of the molecule is C[C@@H]1C[C@@H](c2nc3ccc(-c4ccc5cc(-c6ccc7cc(-c8ccc9nc([C@@H]%10C[C@H]%11C[C@H]%11N%10C(=O)OC(C)(C)C)[nH]c9c8)ccc7c6)ccc5c4)cc3[nH]2)N(C(=O)OC(C)(C)C)C1. The van der Waals surface area contributed by atoms with E-state index < -0.39 is 11.2 Å². The number of ether oxygens (including phenoxy) is 2. The Labute approximate surface area is 373 Å². The highest BCUT2D eigenvalue weighted by Crippen LogP contribution is 2.53. The molecule has 0 unspecified atom stereocenters. The normalized spacial score (nSPS) is 21.0. The molecule has 10 nitrogen and oxygen atoms in total. The average Bonchev–Trinajstić information content (AvgIpc) is 3.64. The molecule has 6 aromatic carbocycles. The molecule has 0 radical (unpaired) electrons. The number of rotatable bonds is 5. The van der Waals surface area contributed by atoms with Crippen LogP contribution >= 0.6 is 0 Å². The Balaban J connectivity index is 0.804. The van der Waals surface area contributed by atoms with E-state index in [0.29, 0.717) is 18.4 Å². The van der Waals surface area contributed by atoms with E-state index in [1.165, 1.54) is 32.7 Å². The summed E-state index contributed by atoms with van der Waals surface area (Å²) in [6.07, 6.45) is 2.25. The van der Waals surface area contributed by atoms with Gasteiger partial charge in [-0.1, -0.05) is 67.6 Å². The van der Waals surface area contributed by atoms with Crippen LogP contribution in [0.3, 0.4) is 0 Å². The number of benzene rings is 6. The van der Waals surface area contributed by atoms with Crippen molar-refractivity contribution in [3.63, 3.8) is 0 Å². The van der Waals surface area contributed by atoms with Crippen molar-refractivity contribution in [3.8, 4) is 33.4 Å². The van der Waals surface area contributed by atoms with Crippen molar-refractivity contribution in [3.05, 3.63) is 121 Å². The van der Waals surface area contributed by atoms with Crippen LogP contribution in [0.2, 0.25) is 0 Å². The predicted molar refractivity (Wildman–Crippen MR) is 254 cm³/mol. The zero-order chi connectivity index (χ0) is 44.2. The maximum atomic E-state index is 13.2. The van der Waals surface area contributed by atoms with E-state index in [4.69, 9.17) is 19.4 Å². The molecule has 1 aliphatic carbocycles. The van der Waals surface area contributed by atoms with Gasteiger partial charge in [0.1, 0.15) is 22.9 Å². The summed E-state index contributed by atoms with van der Waals surface area (Å²) in [7, 11) is 0. The molecule has 10 heteroatoms. The van der Waals surface area contributed by atoms with Gasteiger partial charge in [0.15, 0.2) is 0 Å². The molecule has 0 spiro atoms. The molecular weight excluding hydrogens is 797 g/mol. The third kappa shape index (κ3) is 7.52. The first-order chi connectivity index (χ1) is 30.6. The lowest BCUT2D eigenvalue weighted by Gasteiger charge is -2.29. The second-order valence-corrected chi connectivity index (χ2v) is 20.5. The largest absolute Gasteiger partial charge is 0.444 e. The van der Waals surface area contributed by atoms with E-state index in [9.17, 15) is 9.59 Å². The molecule has 324 valence electrons. The Morgan fingerprint density at radius 2 is 0.969 bits per heavy atom. The molecule has 2 saturated heterocycles. The van der Waals surface area contributed by atoms with Crippen LogP contribution in [-0.2, 0) is 9.47 Å². The first-order valence-electron chi connectivity index (χ1n) is 22.7. The van der Waals surface area contributed by atoms with Crippen LogP contribution in [0.4, 0.5) is 9.59 Å². The van der Waals surface area contributed by atoms with Gasteiger partial charge in [-0.3, -0.25) is 9.80 Å². The van der Waals surface area contributed by atoms with Crippen LogP contribution in [0.25, 0.3) is 77.0 Å². The van der Waals surface area contributed by atoms with Gasteiger partial charge in [0.2, 0.25) is 0 Å². The van der Waals surface area contributed by atoms with E-state index in [-0.39, 0.29) is 30.3 Å². The number of piperidine rings is 1. The number of imidazole rings is 2. The minimum absolute atomic E-state index is 0.101. The molecule has 3 aliphatic rings. The van der Waals surface area contributed by atoms with Gasteiger partial charge >= 0.3 is 12.2 Å². The topological polar surface area (TPSA) is 116 Å². The predicted octanol–water partition coefficient (Wildman–Crippen LogP) is 13.1. The van der Waals surface area contributed by atoms with Gasteiger partial charge in [-0.05, 0) is 176 Å². The van der Waals surface area contributed by atoms with Crippen LogP contribution in [-0.4, -0.2) is 65.7 Å². The van der Waals surface area contributed by atoms with Crippen molar-refractivity contribution in [2.45, 2.75) is 97.1 Å². The number of carbonyl (C=O) groups excluding carboxylic acids is 2. The monoisotopic (exact) mass is 850 g/mol. The van der Waals surface area contributed by atoms with Crippen LogP contribution in [0.15, 0.2) is 109 Å². The number of hydrogen-bond acceptors (Lipinski definition) is 6. The lowest BCUT2D eigenvalue weighted by atomic mass is 9.95. The summed E-state index contributed by atoms with van der Waals surface area (Å²) in [5, 5.41) is 4.71. The third-order valence-electron chi connectivity index (χ3n) is 13.2. The molecule has 2 aromatic heterocycles. The highest BCUT2D eigenvalue weighted by molar-refractivity contribution is 5.95. The molecule has 2 N–H and O–H groups in total. The zero-order valence-electron chi connectivity index (χ0n) is 37.5. The third-order valence-corrected chi connectivity index (χ3v) is 13.2. The van der Waals surface area contributed by atoms with Crippen molar-refractivity contribution in [2.24, 2.45) is 11.8 Å². The van der Waals surface area contributed by atoms with Crippen LogP contribution in [0.5, 0.6) is 0 Å². The highest BCUT2D eigenvalue weighted by Gasteiger charge is 2.56. The molecule has 5 atom stereocenters. The molecule has 2 amide bonds. The summed E-state index contributed by atoms with van der Waals surface area (Å²) in [5.74, 6) is 2.51. The van der Waals surface area contributed by atoms with Gasteiger partial charge < -0.3 is 19.4 Å². The fourth-order valence-electron chi connectivity index (χ4n) is 10.0. The van der Waals surface area contributed by atoms with Gasteiger partial charge in [0, 0.05) is 12.6 Å². The summed E-state index contributed by atoms with van der Waals surface area (Å²) in [6, 6.07) is 39.4. The number of hydrogen-bond donors (Lipinski definition) is 2. The van der Waals surface area contributed by atoms with Crippen molar-refractivity contribution < 1.29 is 19.1 Å². The van der Waals surface area contributed by atoms with Crippen molar-refractivity contribution >= 4 is 55.8 Å². The number of nitrogens with zero attached hydrogens (tertiary/aromatic N) is 4. The van der Waals surface area contributed by atoms with E-state index >= 15 is 0 Å². The van der Waals surface area contributed by atoms with Crippen molar-refractivity contribution in [1.82, 2.24) is 29.7 Å². The maximum absolute atomic E-state index is 13.2. The Morgan fingerprint density at radius 3 is 1.44 bits per heavy atom. The molecule has 4 heterocycles. The number of amides is 2. The van der Waals surface area contributed by atoms with Gasteiger partial charge in [-0.2, -0.15) is 0 Å². The Hall–Kier alpha value is -6.68. The van der Waals surface area contributed by atoms with Gasteiger partial charge in [0.25, 0.3) is 0 Å². The summed E-state index contributed by atoms with van der Waals surface area (Å²) in [4.78, 5) is 47.1. The summed E-state index contributed by atoms with van der Waals surface area (Å²) >= 11 is 0. The number of aromatic nitrogens is 4. The molecule has 2 aliphatic heterocycles. The molecule has 8 aromatic rings. The minimum atomic E-state index is -0.556. The highest BCUT2D eigenvalue weighted by atomic mass is 16.6. The maximum Gasteiger partial charge on any atom is 0.411 e. The van der Waals surface area contributed by atoms with Gasteiger partial charge in [-0.15, -0.1) is 0 Å². The fourth-order valence-corrected chi connectivity index (χ4v) is 10.0. The molecular formula is C54H54N6O4. The van der Waals surface area contributed by atoms with Crippen LogP contribution < -0.4 is 0 Å². The number of likely N-dealkylation sites (tertiary alicyclic amines) is 2. The van der Waals surface area contributed by atoms with E-state index in [1.54, 1.807) is 0 Å². The number of fused-ring (bicyclic) bond motifs is 5. The van der Waals surface area contributed by atoms with Gasteiger partial charge in [-0.25, -0.2) is 19.6 Å². The summed E-state index contributed by atoms with van der Waals surface area (Å²) < 4.78 is 11.5. The van der Waals surface area contributed by atoms with Crippen molar-refractivity contribution in [1.29, 1.82) is 0 Å². The van der Waals surface area contributed by atoms with Crippen LogP contribution in [0, 0.1) is 11.8 Å². The fraction of sp³-hybridized carbons (Fsp3) is 0.333. The lowest BCUT2D eigenvalue weighted by molar-refractivity contribution is 0.0172. The molecule has 11 rings (SSSR count). The minimum Gasteiger partial charge on any atom is -0.444 e. The number of carbonyl (C=O) groups is 2. The van der Waals surface area contributed by atoms with Crippen LogP contribution in [0.1, 0.15) is 91.5 Å². The Bertz CT molecular complexity index is 3000. The quantitative estimate of drug-likeness (QED) is 0.178.